The summed E-state index contributed by atoms with van der Waals surface area (Å²) in [5.74, 6) is 1.80. The number of hydrogen-bond acceptors (Lipinski definition) is 3. The minimum absolute atomic E-state index is 0.745. The highest BCUT2D eigenvalue weighted by Crippen LogP contribution is 2.10. The third-order valence-corrected chi connectivity index (χ3v) is 3.18. The molecule has 2 N–H and O–H groups in total. The van der Waals surface area contributed by atoms with Crippen LogP contribution in [-0.2, 0) is 0 Å². The lowest BCUT2D eigenvalue weighted by molar-refractivity contribution is 0.298. The van der Waals surface area contributed by atoms with Crippen LogP contribution in [0.15, 0.2) is 30.3 Å². The molecule has 3 nitrogen and oxygen atoms in total. The Morgan fingerprint density at radius 2 is 1.94 bits per heavy atom. The fourth-order valence-electron chi connectivity index (χ4n) is 2.15. The maximum Gasteiger partial charge on any atom is 0.119 e. The van der Waals surface area contributed by atoms with Gasteiger partial charge in [0, 0.05) is 6.54 Å². The molecule has 1 saturated heterocycles. The van der Waals surface area contributed by atoms with E-state index in [9.17, 15) is 0 Å². The summed E-state index contributed by atoms with van der Waals surface area (Å²) in [6.45, 7) is 5.15. The summed E-state index contributed by atoms with van der Waals surface area (Å²) in [4.78, 5) is 0. The Kier molecular flexibility index (Phi) is 5.33. The Morgan fingerprint density at radius 3 is 2.71 bits per heavy atom. The monoisotopic (exact) mass is 234 g/mol. The summed E-state index contributed by atoms with van der Waals surface area (Å²) >= 11 is 0. The molecule has 0 amide bonds. The molecule has 0 radical (unpaired) electrons. The van der Waals surface area contributed by atoms with Gasteiger partial charge in [-0.2, -0.15) is 0 Å². The molecule has 0 atom stereocenters. The largest absolute Gasteiger partial charge is 0.492 e. The zero-order chi connectivity index (χ0) is 11.8. The van der Waals surface area contributed by atoms with E-state index in [4.69, 9.17) is 4.74 Å². The van der Waals surface area contributed by atoms with Crippen molar-refractivity contribution in [2.24, 2.45) is 5.92 Å². The lowest BCUT2D eigenvalue weighted by atomic mass is 9.98. The summed E-state index contributed by atoms with van der Waals surface area (Å²) in [5, 5.41) is 6.86. The molecule has 0 spiro atoms. The van der Waals surface area contributed by atoms with E-state index in [0.717, 1.165) is 31.4 Å². The van der Waals surface area contributed by atoms with Crippen LogP contribution in [0.2, 0.25) is 0 Å². The molecule has 0 unspecified atom stereocenters. The number of para-hydroxylation sites is 1. The molecule has 1 aromatic carbocycles. The topological polar surface area (TPSA) is 33.3 Å². The second kappa shape index (κ2) is 7.30. The number of nitrogens with one attached hydrogen (secondary N) is 2. The predicted octanol–water partition coefficient (Wildman–Crippen LogP) is 1.65. The van der Waals surface area contributed by atoms with Crippen LogP contribution in [0.25, 0.3) is 0 Å². The predicted molar refractivity (Wildman–Crippen MR) is 70.4 cm³/mol. The molecule has 0 aromatic heterocycles. The van der Waals surface area contributed by atoms with Gasteiger partial charge in [0.05, 0.1) is 0 Å². The molecular weight excluding hydrogens is 212 g/mol. The Morgan fingerprint density at radius 1 is 1.18 bits per heavy atom. The minimum Gasteiger partial charge on any atom is -0.492 e. The van der Waals surface area contributed by atoms with Gasteiger partial charge in [0.15, 0.2) is 0 Å². The van der Waals surface area contributed by atoms with Crippen LogP contribution in [-0.4, -0.2) is 32.8 Å². The Hall–Kier alpha value is -1.06. The standard InChI is InChI=1S/C14H22N2O/c1-2-4-14(5-3-1)17-11-10-16-12-13-6-8-15-9-7-13/h1-5,13,15-16H,6-12H2. The van der Waals surface area contributed by atoms with Crippen LogP contribution < -0.4 is 15.4 Å². The summed E-state index contributed by atoms with van der Waals surface area (Å²) < 4.78 is 5.62. The molecule has 0 bridgehead atoms. The third-order valence-electron chi connectivity index (χ3n) is 3.18. The average Bonchev–Trinajstić information content (AvgIpc) is 2.41. The van der Waals surface area contributed by atoms with Gasteiger partial charge in [-0.3, -0.25) is 0 Å². The minimum atomic E-state index is 0.745. The van der Waals surface area contributed by atoms with Gasteiger partial charge >= 0.3 is 0 Å². The first-order chi connectivity index (χ1) is 8.45. The Bertz CT molecular complexity index is 296. The summed E-state index contributed by atoms with van der Waals surface area (Å²) in [6, 6.07) is 9.98. The van der Waals surface area contributed by atoms with Crippen LogP contribution in [0.3, 0.4) is 0 Å². The second-order valence-corrected chi connectivity index (χ2v) is 4.56. The maximum absolute atomic E-state index is 5.62. The number of piperidine rings is 1. The first-order valence-corrected chi connectivity index (χ1v) is 6.54. The lowest BCUT2D eigenvalue weighted by Crippen LogP contribution is -2.34. The van der Waals surface area contributed by atoms with E-state index in [1.165, 1.54) is 25.9 Å². The van der Waals surface area contributed by atoms with Gasteiger partial charge in [0.2, 0.25) is 0 Å². The molecule has 0 aliphatic carbocycles. The highest BCUT2D eigenvalue weighted by molar-refractivity contribution is 5.20. The van der Waals surface area contributed by atoms with Crippen LogP contribution in [0, 0.1) is 5.92 Å². The Labute approximate surface area is 104 Å². The van der Waals surface area contributed by atoms with Gasteiger partial charge in [-0.05, 0) is 50.5 Å². The fraction of sp³-hybridized carbons (Fsp3) is 0.571. The maximum atomic E-state index is 5.62. The average molecular weight is 234 g/mol. The van der Waals surface area contributed by atoms with Gasteiger partial charge in [-0.15, -0.1) is 0 Å². The molecule has 1 aliphatic rings. The SMILES string of the molecule is c1ccc(OCCNCC2CCNCC2)cc1. The van der Waals surface area contributed by atoms with E-state index in [1.807, 2.05) is 30.3 Å². The molecule has 1 fully saturated rings. The summed E-state index contributed by atoms with van der Waals surface area (Å²) in [6.07, 6.45) is 2.60. The summed E-state index contributed by atoms with van der Waals surface area (Å²) in [5.41, 5.74) is 0. The van der Waals surface area contributed by atoms with E-state index in [-0.39, 0.29) is 0 Å². The molecule has 1 aromatic rings. The summed E-state index contributed by atoms with van der Waals surface area (Å²) in [7, 11) is 0. The molecule has 17 heavy (non-hydrogen) atoms. The van der Waals surface area contributed by atoms with Crippen LogP contribution in [0.5, 0.6) is 5.75 Å². The van der Waals surface area contributed by atoms with Crippen LogP contribution in [0.4, 0.5) is 0 Å². The number of rotatable bonds is 6. The van der Waals surface area contributed by atoms with E-state index in [2.05, 4.69) is 10.6 Å². The van der Waals surface area contributed by atoms with Gasteiger partial charge in [-0.1, -0.05) is 18.2 Å². The molecule has 1 aliphatic heterocycles. The van der Waals surface area contributed by atoms with Crippen molar-refractivity contribution in [2.45, 2.75) is 12.8 Å². The van der Waals surface area contributed by atoms with Gasteiger partial charge in [-0.25, -0.2) is 0 Å². The van der Waals surface area contributed by atoms with Crippen molar-refractivity contribution in [3.8, 4) is 5.75 Å². The van der Waals surface area contributed by atoms with Crippen molar-refractivity contribution in [3.05, 3.63) is 30.3 Å². The molecule has 1 heterocycles. The van der Waals surface area contributed by atoms with Crippen molar-refractivity contribution in [3.63, 3.8) is 0 Å². The van der Waals surface area contributed by atoms with Crippen molar-refractivity contribution in [1.82, 2.24) is 10.6 Å². The quantitative estimate of drug-likeness (QED) is 0.734. The normalized spacial score (nSPS) is 16.9. The van der Waals surface area contributed by atoms with Crippen molar-refractivity contribution in [2.75, 3.05) is 32.8 Å². The molecule has 94 valence electrons. The second-order valence-electron chi connectivity index (χ2n) is 4.56. The number of hydrogen-bond donors (Lipinski definition) is 2. The van der Waals surface area contributed by atoms with Crippen molar-refractivity contribution < 1.29 is 4.74 Å². The van der Waals surface area contributed by atoms with Gasteiger partial charge in [0.1, 0.15) is 12.4 Å². The molecular formula is C14H22N2O. The lowest BCUT2D eigenvalue weighted by Gasteiger charge is -2.22. The third kappa shape index (κ3) is 4.75. The first-order valence-electron chi connectivity index (χ1n) is 6.54. The number of ether oxygens (including phenoxy) is 1. The molecule has 3 heteroatoms. The van der Waals surface area contributed by atoms with Crippen LogP contribution in [0.1, 0.15) is 12.8 Å². The van der Waals surface area contributed by atoms with Crippen molar-refractivity contribution in [1.29, 1.82) is 0 Å². The van der Waals surface area contributed by atoms with Crippen LogP contribution >= 0.6 is 0 Å². The number of benzene rings is 1. The van der Waals surface area contributed by atoms with E-state index in [1.54, 1.807) is 0 Å². The highest BCUT2D eigenvalue weighted by Gasteiger charge is 2.11. The van der Waals surface area contributed by atoms with Crippen molar-refractivity contribution >= 4 is 0 Å². The highest BCUT2D eigenvalue weighted by atomic mass is 16.5. The van der Waals surface area contributed by atoms with E-state index >= 15 is 0 Å². The molecule has 0 saturated carbocycles. The van der Waals surface area contributed by atoms with Gasteiger partial charge in [0.25, 0.3) is 0 Å². The molecule has 2 rings (SSSR count). The smallest absolute Gasteiger partial charge is 0.119 e. The van der Waals surface area contributed by atoms with E-state index in [0.29, 0.717) is 0 Å². The van der Waals surface area contributed by atoms with Gasteiger partial charge < -0.3 is 15.4 Å². The fourth-order valence-corrected chi connectivity index (χ4v) is 2.15. The zero-order valence-corrected chi connectivity index (χ0v) is 10.3. The zero-order valence-electron chi connectivity index (χ0n) is 10.3. The Balaban J connectivity index is 1.51. The first kappa shape index (κ1) is 12.4. The van der Waals surface area contributed by atoms with E-state index < -0.39 is 0 Å².